The second kappa shape index (κ2) is 5.47. The molecule has 3 aromatic rings. The number of rotatable bonds is 4. The number of nitrogens with zero attached hydrogens (tertiary/aromatic N) is 1. The molecule has 0 amide bonds. The van der Waals surface area contributed by atoms with Gasteiger partial charge in [-0.1, -0.05) is 54.2 Å². The van der Waals surface area contributed by atoms with Crippen LogP contribution in [0.25, 0.3) is 11.1 Å². The summed E-state index contributed by atoms with van der Waals surface area (Å²) in [5, 5.41) is 0.674. The summed E-state index contributed by atoms with van der Waals surface area (Å²) in [5.41, 5.74) is 8.98. The lowest BCUT2D eigenvalue weighted by molar-refractivity contribution is 0.489. The van der Waals surface area contributed by atoms with E-state index in [0.29, 0.717) is 5.22 Å². The Balaban J connectivity index is 1.69. The van der Waals surface area contributed by atoms with Crippen molar-refractivity contribution in [1.82, 2.24) is 4.98 Å². The van der Waals surface area contributed by atoms with E-state index < -0.39 is 0 Å². The predicted molar refractivity (Wildman–Crippen MR) is 78.1 cm³/mol. The molecule has 19 heavy (non-hydrogen) atoms. The van der Waals surface area contributed by atoms with Crippen LogP contribution in [-0.4, -0.2) is 10.7 Å². The molecule has 1 atom stereocenters. The maximum Gasteiger partial charge on any atom is 0.256 e. The van der Waals surface area contributed by atoms with Crippen molar-refractivity contribution in [2.45, 2.75) is 11.3 Å². The summed E-state index contributed by atoms with van der Waals surface area (Å²) < 4.78 is 5.65. The minimum absolute atomic E-state index is 0.0128. The topological polar surface area (TPSA) is 52.0 Å². The van der Waals surface area contributed by atoms with Crippen LogP contribution in [0.1, 0.15) is 11.6 Å². The van der Waals surface area contributed by atoms with Crippen molar-refractivity contribution in [1.29, 1.82) is 0 Å². The van der Waals surface area contributed by atoms with Crippen LogP contribution in [-0.2, 0) is 0 Å². The molecule has 0 aliphatic heterocycles. The van der Waals surface area contributed by atoms with E-state index in [1.807, 2.05) is 54.6 Å². The Morgan fingerprint density at radius 2 is 1.79 bits per heavy atom. The molecular weight excluding hydrogens is 256 g/mol. The summed E-state index contributed by atoms with van der Waals surface area (Å²) in [7, 11) is 0. The summed E-state index contributed by atoms with van der Waals surface area (Å²) >= 11 is 1.55. The molecule has 0 bridgehead atoms. The van der Waals surface area contributed by atoms with Crippen LogP contribution in [0.2, 0.25) is 0 Å². The first-order valence-corrected chi connectivity index (χ1v) is 7.10. The van der Waals surface area contributed by atoms with Gasteiger partial charge in [0.15, 0.2) is 5.58 Å². The van der Waals surface area contributed by atoms with Gasteiger partial charge in [0, 0.05) is 11.8 Å². The molecule has 0 fully saturated rings. The van der Waals surface area contributed by atoms with Gasteiger partial charge in [-0.2, -0.15) is 0 Å². The number of fused-ring (bicyclic) bond motifs is 1. The lowest BCUT2D eigenvalue weighted by atomic mass is 10.1. The third kappa shape index (κ3) is 2.80. The molecule has 0 radical (unpaired) electrons. The second-order valence-corrected chi connectivity index (χ2v) is 5.25. The summed E-state index contributed by atoms with van der Waals surface area (Å²) in [5.74, 6) is 0.747. The Hall–Kier alpha value is -1.78. The van der Waals surface area contributed by atoms with Gasteiger partial charge in [-0.3, -0.25) is 0 Å². The van der Waals surface area contributed by atoms with E-state index in [9.17, 15) is 0 Å². The van der Waals surface area contributed by atoms with Gasteiger partial charge in [-0.15, -0.1) is 0 Å². The molecule has 1 unspecified atom stereocenters. The van der Waals surface area contributed by atoms with E-state index in [0.717, 1.165) is 22.4 Å². The van der Waals surface area contributed by atoms with Gasteiger partial charge in [0.05, 0.1) is 0 Å². The molecule has 96 valence electrons. The zero-order chi connectivity index (χ0) is 13.1. The van der Waals surface area contributed by atoms with E-state index in [4.69, 9.17) is 10.2 Å². The van der Waals surface area contributed by atoms with Gasteiger partial charge in [0.2, 0.25) is 0 Å². The maximum absolute atomic E-state index is 6.15. The molecule has 0 spiro atoms. The highest BCUT2D eigenvalue weighted by molar-refractivity contribution is 7.99. The number of thioether (sulfide) groups is 1. The summed E-state index contributed by atoms with van der Waals surface area (Å²) in [6, 6.07) is 17.8. The van der Waals surface area contributed by atoms with Crippen LogP contribution in [0.5, 0.6) is 0 Å². The highest BCUT2D eigenvalue weighted by atomic mass is 32.2. The molecule has 4 heteroatoms. The summed E-state index contributed by atoms with van der Waals surface area (Å²) in [6.45, 7) is 0. The van der Waals surface area contributed by atoms with E-state index in [1.165, 1.54) is 0 Å². The fourth-order valence-electron chi connectivity index (χ4n) is 1.87. The fraction of sp³-hybridized carbons (Fsp3) is 0.133. The van der Waals surface area contributed by atoms with Crippen LogP contribution in [0.3, 0.4) is 0 Å². The Kier molecular flexibility index (Phi) is 3.53. The van der Waals surface area contributed by atoms with Gasteiger partial charge < -0.3 is 10.2 Å². The largest absolute Gasteiger partial charge is 0.431 e. The minimum atomic E-state index is -0.0128. The Morgan fingerprint density at radius 3 is 2.58 bits per heavy atom. The lowest BCUT2D eigenvalue weighted by Crippen LogP contribution is -2.12. The first-order valence-electron chi connectivity index (χ1n) is 6.12. The van der Waals surface area contributed by atoms with Crippen molar-refractivity contribution in [2.24, 2.45) is 5.73 Å². The molecule has 1 aromatic heterocycles. The van der Waals surface area contributed by atoms with E-state index in [-0.39, 0.29) is 6.04 Å². The lowest BCUT2D eigenvalue weighted by Gasteiger charge is -2.09. The number of aromatic nitrogens is 1. The number of oxazole rings is 1. The molecule has 0 aliphatic carbocycles. The average Bonchev–Trinajstić information content (AvgIpc) is 2.88. The van der Waals surface area contributed by atoms with Crippen molar-refractivity contribution in [3.63, 3.8) is 0 Å². The maximum atomic E-state index is 6.15. The van der Waals surface area contributed by atoms with E-state index >= 15 is 0 Å². The van der Waals surface area contributed by atoms with Crippen molar-refractivity contribution in [3.8, 4) is 0 Å². The predicted octanol–water partition coefficient (Wildman–Crippen LogP) is 3.62. The summed E-state index contributed by atoms with van der Waals surface area (Å²) in [6.07, 6.45) is 0. The van der Waals surface area contributed by atoms with Crippen molar-refractivity contribution in [3.05, 3.63) is 60.2 Å². The van der Waals surface area contributed by atoms with Crippen LogP contribution in [0, 0.1) is 0 Å². The smallest absolute Gasteiger partial charge is 0.256 e. The van der Waals surface area contributed by atoms with Crippen LogP contribution < -0.4 is 5.73 Å². The standard InChI is InChI=1S/C15H14N2OS/c16-12(11-6-2-1-3-7-11)10-19-15-17-13-8-4-5-9-14(13)18-15/h1-9,12H,10,16H2. The number of benzene rings is 2. The molecule has 0 saturated heterocycles. The van der Waals surface area contributed by atoms with Gasteiger partial charge in [0.25, 0.3) is 5.22 Å². The van der Waals surface area contributed by atoms with Crippen LogP contribution >= 0.6 is 11.8 Å². The molecule has 2 aromatic carbocycles. The number of para-hydroxylation sites is 2. The normalized spacial score (nSPS) is 12.7. The Labute approximate surface area is 115 Å². The quantitative estimate of drug-likeness (QED) is 0.736. The molecule has 2 N–H and O–H groups in total. The monoisotopic (exact) mass is 270 g/mol. The molecule has 0 saturated carbocycles. The highest BCUT2D eigenvalue weighted by Gasteiger charge is 2.10. The van der Waals surface area contributed by atoms with E-state index in [2.05, 4.69) is 4.98 Å². The van der Waals surface area contributed by atoms with Gasteiger partial charge in [-0.05, 0) is 17.7 Å². The van der Waals surface area contributed by atoms with Crippen molar-refractivity contribution >= 4 is 22.9 Å². The first kappa shape index (κ1) is 12.3. The minimum Gasteiger partial charge on any atom is -0.431 e. The zero-order valence-electron chi connectivity index (χ0n) is 10.3. The zero-order valence-corrected chi connectivity index (χ0v) is 11.1. The second-order valence-electron chi connectivity index (χ2n) is 4.28. The molecule has 3 rings (SSSR count). The first-order chi connectivity index (χ1) is 9.33. The third-order valence-corrected chi connectivity index (χ3v) is 3.84. The Morgan fingerprint density at radius 1 is 1.05 bits per heavy atom. The van der Waals surface area contributed by atoms with Gasteiger partial charge >= 0.3 is 0 Å². The van der Waals surface area contributed by atoms with Crippen LogP contribution in [0.4, 0.5) is 0 Å². The SMILES string of the molecule is NC(CSc1nc2ccccc2o1)c1ccccc1. The molecule has 0 aliphatic rings. The number of hydrogen-bond donors (Lipinski definition) is 1. The van der Waals surface area contributed by atoms with Gasteiger partial charge in [0.1, 0.15) is 5.52 Å². The van der Waals surface area contributed by atoms with Crippen LogP contribution in [0.15, 0.2) is 64.2 Å². The highest BCUT2D eigenvalue weighted by Crippen LogP contribution is 2.26. The number of nitrogens with two attached hydrogens (primary N) is 1. The van der Waals surface area contributed by atoms with Crippen molar-refractivity contribution < 1.29 is 4.42 Å². The average molecular weight is 270 g/mol. The van der Waals surface area contributed by atoms with E-state index in [1.54, 1.807) is 11.8 Å². The molecule has 1 heterocycles. The molecule has 3 nitrogen and oxygen atoms in total. The number of hydrogen-bond acceptors (Lipinski definition) is 4. The van der Waals surface area contributed by atoms with Gasteiger partial charge in [-0.25, -0.2) is 4.98 Å². The molecular formula is C15H14N2OS. The Bertz CT molecular complexity index is 633. The third-order valence-electron chi connectivity index (χ3n) is 2.89. The summed E-state index contributed by atoms with van der Waals surface area (Å²) in [4.78, 5) is 4.42. The van der Waals surface area contributed by atoms with Crippen molar-refractivity contribution in [2.75, 3.05) is 5.75 Å². The fourth-order valence-corrected chi connectivity index (χ4v) is 2.70.